The summed E-state index contributed by atoms with van der Waals surface area (Å²) >= 11 is 0. The van der Waals surface area contributed by atoms with Crippen molar-refractivity contribution >= 4 is 0 Å². The molecule has 1 aromatic carbocycles. The summed E-state index contributed by atoms with van der Waals surface area (Å²) in [5.41, 5.74) is 2.71. The fourth-order valence-electron chi connectivity index (χ4n) is 2.59. The van der Waals surface area contributed by atoms with Gasteiger partial charge in [-0.1, -0.05) is 24.0 Å². The molecular formula is C17H23NO. The Balaban J connectivity index is 1.98. The van der Waals surface area contributed by atoms with Gasteiger partial charge in [0, 0.05) is 24.1 Å². The van der Waals surface area contributed by atoms with E-state index >= 15 is 0 Å². The molecule has 0 radical (unpaired) electrons. The minimum absolute atomic E-state index is 0.134. The van der Waals surface area contributed by atoms with E-state index in [4.69, 9.17) is 5.11 Å². The molecule has 2 rings (SSSR count). The highest BCUT2D eigenvalue weighted by molar-refractivity contribution is 5.36. The SMILES string of the molecule is CC1(C)CCCN1Cc1ccc(C#CCCO)cc1. The van der Waals surface area contributed by atoms with Gasteiger partial charge in [0.2, 0.25) is 0 Å². The summed E-state index contributed by atoms with van der Waals surface area (Å²) in [7, 11) is 0. The summed E-state index contributed by atoms with van der Waals surface area (Å²) in [4.78, 5) is 2.56. The van der Waals surface area contributed by atoms with E-state index in [-0.39, 0.29) is 6.61 Å². The monoisotopic (exact) mass is 257 g/mol. The second-order valence-corrected chi connectivity index (χ2v) is 5.81. The van der Waals surface area contributed by atoms with Gasteiger partial charge in [-0.15, -0.1) is 0 Å². The van der Waals surface area contributed by atoms with Gasteiger partial charge in [-0.25, -0.2) is 0 Å². The molecule has 1 N–H and O–H groups in total. The number of likely N-dealkylation sites (tertiary alicyclic amines) is 1. The van der Waals surface area contributed by atoms with Crippen LogP contribution in [-0.4, -0.2) is 28.7 Å². The number of rotatable bonds is 3. The summed E-state index contributed by atoms with van der Waals surface area (Å²) in [5, 5.41) is 8.69. The van der Waals surface area contributed by atoms with Crippen molar-refractivity contribution in [1.29, 1.82) is 0 Å². The molecule has 19 heavy (non-hydrogen) atoms. The van der Waals surface area contributed by atoms with E-state index in [0.29, 0.717) is 12.0 Å². The van der Waals surface area contributed by atoms with Crippen molar-refractivity contribution in [2.45, 2.75) is 45.2 Å². The quantitative estimate of drug-likeness (QED) is 0.842. The molecule has 0 atom stereocenters. The fraction of sp³-hybridized carbons (Fsp3) is 0.529. The van der Waals surface area contributed by atoms with E-state index in [2.05, 4.69) is 54.9 Å². The smallest absolute Gasteiger partial charge is 0.0540 e. The number of hydrogen-bond donors (Lipinski definition) is 1. The van der Waals surface area contributed by atoms with Crippen LogP contribution in [-0.2, 0) is 6.54 Å². The van der Waals surface area contributed by atoms with Gasteiger partial charge >= 0.3 is 0 Å². The van der Waals surface area contributed by atoms with Crippen LogP contribution in [0.2, 0.25) is 0 Å². The third-order valence-corrected chi connectivity index (χ3v) is 3.87. The van der Waals surface area contributed by atoms with Crippen LogP contribution < -0.4 is 0 Å². The van der Waals surface area contributed by atoms with Crippen molar-refractivity contribution in [1.82, 2.24) is 4.90 Å². The maximum atomic E-state index is 8.69. The highest BCUT2D eigenvalue weighted by Crippen LogP contribution is 2.29. The lowest BCUT2D eigenvalue weighted by atomic mass is 10.0. The first kappa shape index (κ1) is 14.1. The van der Waals surface area contributed by atoms with E-state index < -0.39 is 0 Å². The average Bonchev–Trinajstić information content (AvgIpc) is 2.71. The van der Waals surface area contributed by atoms with E-state index in [1.807, 2.05) is 0 Å². The highest BCUT2D eigenvalue weighted by atomic mass is 16.2. The zero-order valence-electron chi connectivity index (χ0n) is 11.9. The van der Waals surface area contributed by atoms with Gasteiger partial charge in [-0.3, -0.25) is 4.90 Å². The van der Waals surface area contributed by atoms with Crippen molar-refractivity contribution in [2.75, 3.05) is 13.2 Å². The van der Waals surface area contributed by atoms with Crippen molar-refractivity contribution in [3.63, 3.8) is 0 Å². The van der Waals surface area contributed by atoms with Crippen LogP contribution in [0.25, 0.3) is 0 Å². The lowest BCUT2D eigenvalue weighted by Gasteiger charge is -2.31. The van der Waals surface area contributed by atoms with Gasteiger partial charge in [0.25, 0.3) is 0 Å². The molecule has 1 fully saturated rings. The molecule has 1 saturated heterocycles. The average molecular weight is 257 g/mol. The summed E-state index contributed by atoms with van der Waals surface area (Å²) in [6.07, 6.45) is 3.14. The Labute approximate surface area is 116 Å². The zero-order valence-corrected chi connectivity index (χ0v) is 11.9. The van der Waals surface area contributed by atoms with Crippen LogP contribution >= 0.6 is 0 Å². The van der Waals surface area contributed by atoms with Gasteiger partial charge in [0.05, 0.1) is 6.61 Å². The van der Waals surface area contributed by atoms with Crippen LogP contribution in [0.5, 0.6) is 0 Å². The van der Waals surface area contributed by atoms with Gasteiger partial charge in [0.1, 0.15) is 0 Å². The van der Waals surface area contributed by atoms with Crippen LogP contribution in [0.4, 0.5) is 0 Å². The number of aliphatic hydroxyl groups is 1. The van der Waals surface area contributed by atoms with Gasteiger partial charge < -0.3 is 5.11 Å². The van der Waals surface area contributed by atoms with E-state index in [1.165, 1.54) is 24.9 Å². The third kappa shape index (κ3) is 3.83. The molecule has 1 aromatic rings. The molecule has 0 aromatic heterocycles. The van der Waals surface area contributed by atoms with Crippen molar-refractivity contribution < 1.29 is 5.11 Å². The molecule has 1 aliphatic heterocycles. The summed E-state index contributed by atoms with van der Waals surface area (Å²) in [5.74, 6) is 6.01. The van der Waals surface area contributed by atoms with Crippen molar-refractivity contribution in [3.05, 3.63) is 35.4 Å². The number of hydrogen-bond acceptors (Lipinski definition) is 2. The minimum atomic E-state index is 0.134. The maximum Gasteiger partial charge on any atom is 0.0540 e. The molecule has 0 spiro atoms. The summed E-state index contributed by atoms with van der Waals surface area (Å²) in [6, 6.07) is 8.47. The molecule has 1 aliphatic rings. The first-order chi connectivity index (χ1) is 9.12. The van der Waals surface area contributed by atoms with E-state index in [9.17, 15) is 0 Å². The Morgan fingerprint density at radius 1 is 1.26 bits per heavy atom. The lowest BCUT2D eigenvalue weighted by Crippen LogP contribution is -2.37. The molecular weight excluding hydrogens is 234 g/mol. The Kier molecular flexibility index (Phi) is 4.63. The maximum absolute atomic E-state index is 8.69. The molecule has 0 unspecified atom stereocenters. The van der Waals surface area contributed by atoms with Gasteiger partial charge in [0.15, 0.2) is 0 Å². The van der Waals surface area contributed by atoms with Crippen LogP contribution in [0.15, 0.2) is 24.3 Å². The second kappa shape index (κ2) is 6.23. The molecule has 102 valence electrons. The summed E-state index contributed by atoms with van der Waals surface area (Å²) < 4.78 is 0. The Hall–Kier alpha value is -1.30. The second-order valence-electron chi connectivity index (χ2n) is 5.81. The van der Waals surface area contributed by atoms with Crippen LogP contribution in [0.1, 0.15) is 44.2 Å². The third-order valence-electron chi connectivity index (χ3n) is 3.87. The van der Waals surface area contributed by atoms with Gasteiger partial charge in [-0.05, 0) is 50.9 Å². The normalized spacial score (nSPS) is 18.1. The Bertz CT molecular complexity index is 464. The van der Waals surface area contributed by atoms with E-state index in [1.54, 1.807) is 0 Å². The highest BCUT2D eigenvalue weighted by Gasteiger charge is 2.31. The lowest BCUT2D eigenvalue weighted by molar-refractivity contribution is 0.166. The largest absolute Gasteiger partial charge is 0.395 e. The molecule has 0 bridgehead atoms. The minimum Gasteiger partial charge on any atom is -0.395 e. The molecule has 0 saturated carbocycles. The molecule has 2 heteroatoms. The predicted molar refractivity (Wildman–Crippen MR) is 78.7 cm³/mol. The standard InChI is InChI=1S/C17H23NO/c1-17(2)11-5-12-18(17)14-16-9-7-15(8-10-16)6-3-4-13-19/h7-10,19H,4-5,11-14H2,1-2H3. The first-order valence-corrected chi connectivity index (χ1v) is 7.05. The van der Waals surface area contributed by atoms with Crippen LogP contribution in [0, 0.1) is 11.8 Å². The molecule has 0 amide bonds. The number of benzene rings is 1. The molecule has 0 aliphatic carbocycles. The number of nitrogens with zero attached hydrogens (tertiary/aromatic N) is 1. The zero-order chi connectivity index (χ0) is 13.7. The van der Waals surface area contributed by atoms with Crippen LogP contribution in [0.3, 0.4) is 0 Å². The molecule has 1 heterocycles. The summed E-state index contributed by atoms with van der Waals surface area (Å²) in [6.45, 7) is 7.01. The first-order valence-electron chi connectivity index (χ1n) is 7.05. The topological polar surface area (TPSA) is 23.5 Å². The fourth-order valence-corrected chi connectivity index (χ4v) is 2.59. The number of aliphatic hydroxyl groups excluding tert-OH is 1. The Morgan fingerprint density at radius 2 is 2.00 bits per heavy atom. The van der Waals surface area contributed by atoms with Crippen molar-refractivity contribution in [3.8, 4) is 11.8 Å². The van der Waals surface area contributed by atoms with E-state index in [0.717, 1.165) is 12.1 Å². The predicted octanol–water partition coefficient (Wildman–Crippen LogP) is 2.79. The Morgan fingerprint density at radius 3 is 2.58 bits per heavy atom. The van der Waals surface area contributed by atoms with Crippen molar-refractivity contribution in [2.24, 2.45) is 0 Å². The van der Waals surface area contributed by atoms with Gasteiger partial charge in [-0.2, -0.15) is 0 Å². The molecule has 2 nitrogen and oxygen atoms in total.